The van der Waals surface area contributed by atoms with Gasteiger partial charge in [0.2, 0.25) is 5.91 Å². The van der Waals surface area contributed by atoms with Crippen molar-refractivity contribution in [1.29, 1.82) is 0 Å². The van der Waals surface area contributed by atoms with Crippen molar-refractivity contribution in [2.24, 2.45) is 5.92 Å². The van der Waals surface area contributed by atoms with Crippen LogP contribution in [0, 0.1) is 5.92 Å². The highest BCUT2D eigenvalue weighted by molar-refractivity contribution is 5.95. The maximum absolute atomic E-state index is 13.3. The van der Waals surface area contributed by atoms with Crippen LogP contribution in [0.5, 0.6) is 0 Å². The van der Waals surface area contributed by atoms with Crippen molar-refractivity contribution in [2.45, 2.75) is 38.6 Å². The van der Waals surface area contributed by atoms with E-state index in [1.807, 2.05) is 60.7 Å². The van der Waals surface area contributed by atoms with Crippen molar-refractivity contribution in [1.82, 2.24) is 4.98 Å². The van der Waals surface area contributed by atoms with E-state index in [9.17, 15) is 9.59 Å². The van der Waals surface area contributed by atoms with Gasteiger partial charge in [0.25, 0.3) is 5.56 Å². The van der Waals surface area contributed by atoms with Gasteiger partial charge >= 0.3 is 0 Å². The first-order valence-electron chi connectivity index (χ1n) is 9.70. The van der Waals surface area contributed by atoms with Gasteiger partial charge in [-0.15, -0.1) is 0 Å². The highest BCUT2D eigenvalue weighted by atomic mass is 16.2. The molecule has 0 aliphatic heterocycles. The Hall–Kier alpha value is -2.88. The van der Waals surface area contributed by atoms with Gasteiger partial charge in [-0.25, -0.2) is 0 Å². The molecule has 1 aromatic heterocycles. The van der Waals surface area contributed by atoms with Gasteiger partial charge in [-0.3, -0.25) is 9.59 Å². The number of carbonyl (C=O) groups is 1. The first-order valence-corrected chi connectivity index (χ1v) is 9.70. The van der Waals surface area contributed by atoms with E-state index in [1.165, 1.54) is 6.42 Å². The van der Waals surface area contributed by atoms with E-state index in [2.05, 4.69) is 4.98 Å². The van der Waals surface area contributed by atoms with Crippen LogP contribution in [0.4, 0.5) is 5.69 Å². The Labute approximate surface area is 158 Å². The molecule has 4 heteroatoms. The lowest BCUT2D eigenvalue weighted by atomic mass is 9.88. The summed E-state index contributed by atoms with van der Waals surface area (Å²) in [6.07, 6.45) is 5.30. The van der Waals surface area contributed by atoms with E-state index in [-0.39, 0.29) is 17.4 Å². The van der Waals surface area contributed by atoms with E-state index in [4.69, 9.17) is 0 Å². The van der Waals surface area contributed by atoms with E-state index in [0.29, 0.717) is 12.1 Å². The molecule has 3 aromatic rings. The molecule has 1 saturated carbocycles. The number of hydrogen-bond donors (Lipinski definition) is 1. The van der Waals surface area contributed by atoms with Gasteiger partial charge in [0.15, 0.2) is 0 Å². The van der Waals surface area contributed by atoms with Crippen LogP contribution in [0.3, 0.4) is 0 Å². The minimum atomic E-state index is -0.133. The Morgan fingerprint density at radius 1 is 0.963 bits per heavy atom. The molecule has 0 radical (unpaired) electrons. The first-order chi connectivity index (χ1) is 13.2. The lowest BCUT2D eigenvalue weighted by Crippen LogP contribution is -2.38. The zero-order chi connectivity index (χ0) is 18.6. The fourth-order valence-electron chi connectivity index (χ4n) is 3.95. The molecule has 0 spiro atoms. The molecule has 27 heavy (non-hydrogen) atoms. The van der Waals surface area contributed by atoms with Crippen LogP contribution >= 0.6 is 0 Å². The lowest BCUT2D eigenvalue weighted by molar-refractivity contribution is -0.123. The van der Waals surface area contributed by atoms with Gasteiger partial charge in [0, 0.05) is 22.7 Å². The molecule has 0 saturated heterocycles. The maximum atomic E-state index is 13.3. The molecule has 4 nitrogen and oxygen atoms in total. The van der Waals surface area contributed by atoms with E-state index in [0.717, 1.165) is 42.3 Å². The molecule has 2 aromatic carbocycles. The highest BCUT2D eigenvalue weighted by Crippen LogP contribution is 2.28. The minimum Gasteiger partial charge on any atom is -0.322 e. The van der Waals surface area contributed by atoms with Gasteiger partial charge in [-0.05, 0) is 42.5 Å². The Kier molecular flexibility index (Phi) is 5.05. The summed E-state index contributed by atoms with van der Waals surface area (Å²) in [5.41, 5.74) is 2.14. The number of anilines is 1. The van der Waals surface area contributed by atoms with Gasteiger partial charge in [-0.1, -0.05) is 55.7 Å². The van der Waals surface area contributed by atoms with E-state index < -0.39 is 0 Å². The van der Waals surface area contributed by atoms with Crippen LogP contribution in [0.1, 0.15) is 37.7 Å². The zero-order valence-corrected chi connectivity index (χ0v) is 15.4. The number of hydrogen-bond acceptors (Lipinski definition) is 2. The summed E-state index contributed by atoms with van der Waals surface area (Å²) in [5.74, 6) is 0.187. The second-order valence-corrected chi connectivity index (χ2v) is 7.31. The summed E-state index contributed by atoms with van der Waals surface area (Å²) >= 11 is 0. The molecule has 1 amide bonds. The van der Waals surface area contributed by atoms with Crippen molar-refractivity contribution in [2.75, 3.05) is 4.90 Å². The van der Waals surface area contributed by atoms with Crippen molar-refractivity contribution in [3.63, 3.8) is 0 Å². The average molecular weight is 360 g/mol. The number of nitrogens with zero attached hydrogens (tertiary/aromatic N) is 1. The largest absolute Gasteiger partial charge is 0.322 e. The molecule has 0 unspecified atom stereocenters. The third-order valence-electron chi connectivity index (χ3n) is 5.45. The second-order valence-electron chi connectivity index (χ2n) is 7.31. The Balaban J connectivity index is 1.70. The zero-order valence-electron chi connectivity index (χ0n) is 15.4. The summed E-state index contributed by atoms with van der Waals surface area (Å²) in [6.45, 7) is 0.291. The van der Waals surface area contributed by atoms with Crippen LogP contribution in [-0.2, 0) is 11.3 Å². The summed E-state index contributed by atoms with van der Waals surface area (Å²) < 4.78 is 0. The van der Waals surface area contributed by atoms with Crippen molar-refractivity contribution < 1.29 is 4.79 Å². The fourth-order valence-corrected chi connectivity index (χ4v) is 3.95. The molecular formula is C23H24N2O2. The number of benzene rings is 2. The Bertz CT molecular complexity index is 988. The fraction of sp³-hybridized carbons (Fsp3) is 0.304. The van der Waals surface area contributed by atoms with Gasteiger partial charge in [0.05, 0.1) is 6.54 Å². The number of pyridine rings is 1. The quantitative estimate of drug-likeness (QED) is 0.737. The molecule has 0 bridgehead atoms. The summed E-state index contributed by atoms with van der Waals surface area (Å²) in [4.78, 5) is 30.6. The molecule has 138 valence electrons. The first kappa shape index (κ1) is 17.5. The normalized spacial score (nSPS) is 15.0. The van der Waals surface area contributed by atoms with Crippen LogP contribution in [0.25, 0.3) is 10.9 Å². The SMILES string of the molecule is O=C(C1CCCCC1)N(Cc1cc2ccccc2[nH]c1=O)c1ccccc1. The third-order valence-corrected chi connectivity index (χ3v) is 5.45. The number of fused-ring (bicyclic) bond motifs is 1. The number of para-hydroxylation sites is 2. The summed E-state index contributed by atoms with van der Waals surface area (Å²) in [7, 11) is 0. The van der Waals surface area contributed by atoms with Crippen LogP contribution in [-0.4, -0.2) is 10.9 Å². The second kappa shape index (κ2) is 7.78. The predicted molar refractivity (Wildman–Crippen MR) is 109 cm³/mol. The molecule has 1 heterocycles. The monoisotopic (exact) mass is 360 g/mol. The number of H-pyrrole nitrogens is 1. The van der Waals surface area contributed by atoms with Crippen molar-refractivity contribution in [3.05, 3.63) is 76.6 Å². The minimum absolute atomic E-state index is 0.0542. The molecular weight excluding hydrogens is 336 g/mol. The molecule has 4 rings (SSSR count). The number of nitrogens with one attached hydrogen (secondary N) is 1. The van der Waals surface area contributed by atoms with Gasteiger partial charge in [-0.2, -0.15) is 0 Å². The Morgan fingerprint density at radius 3 is 2.44 bits per heavy atom. The van der Waals surface area contributed by atoms with E-state index >= 15 is 0 Å². The summed E-state index contributed by atoms with van der Waals surface area (Å²) in [6, 6.07) is 19.3. The predicted octanol–water partition coefficient (Wildman–Crippen LogP) is 4.64. The number of amides is 1. The van der Waals surface area contributed by atoms with Crippen LogP contribution in [0.2, 0.25) is 0 Å². The topological polar surface area (TPSA) is 53.2 Å². The number of aromatic nitrogens is 1. The molecule has 1 fully saturated rings. The standard InChI is InChI=1S/C23H24N2O2/c26-22-19(15-18-11-7-8-14-21(18)24-22)16-25(20-12-5-2-6-13-20)23(27)17-9-3-1-4-10-17/h2,5-8,11-15,17H,1,3-4,9-10,16H2,(H,24,26). The number of rotatable bonds is 4. The number of carbonyl (C=O) groups excluding carboxylic acids is 1. The highest BCUT2D eigenvalue weighted by Gasteiger charge is 2.27. The van der Waals surface area contributed by atoms with Gasteiger partial charge < -0.3 is 9.88 Å². The smallest absolute Gasteiger partial charge is 0.253 e. The van der Waals surface area contributed by atoms with E-state index in [1.54, 1.807) is 4.90 Å². The number of aromatic amines is 1. The molecule has 1 N–H and O–H groups in total. The molecule has 1 aliphatic carbocycles. The molecule has 0 atom stereocenters. The maximum Gasteiger partial charge on any atom is 0.253 e. The van der Waals surface area contributed by atoms with Gasteiger partial charge in [0.1, 0.15) is 0 Å². The van der Waals surface area contributed by atoms with Crippen molar-refractivity contribution >= 4 is 22.5 Å². The molecule has 1 aliphatic rings. The summed E-state index contributed by atoms with van der Waals surface area (Å²) in [5, 5.41) is 0.977. The van der Waals surface area contributed by atoms with Crippen LogP contribution in [0.15, 0.2) is 65.5 Å². The lowest BCUT2D eigenvalue weighted by Gasteiger charge is -2.29. The third kappa shape index (κ3) is 3.80. The van der Waals surface area contributed by atoms with Crippen LogP contribution < -0.4 is 10.5 Å². The Morgan fingerprint density at radius 2 is 1.67 bits per heavy atom. The average Bonchev–Trinajstić information content (AvgIpc) is 2.73. The van der Waals surface area contributed by atoms with Crippen molar-refractivity contribution in [3.8, 4) is 0 Å².